The van der Waals surface area contributed by atoms with Gasteiger partial charge in [0.15, 0.2) is 0 Å². The number of esters is 1. The molecule has 1 fully saturated rings. The number of aryl methyl sites for hydroxylation is 3. The largest absolute Gasteiger partial charge is 0.467 e. The summed E-state index contributed by atoms with van der Waals surface area (Å²) in [5.74, 6) is -1.71. The third-order valence-corrected chi connectivity index (χ3v) is 5.78. The second-order valence-corrected chi connectivity index (χ2v) is 8.28. The van der Waals surface area contributed by atoms with Crippen LogP contribution in [0.15, 0.2) is 30.3 Å². The highest BCUT2D eigenvalue weighted by molar-refractivity contribution is 6.08. The van der Waals surface area contributed by atoms with Crippen molar-refractivity contribution in [1.82, 2.24) is 5.32 Å². The first-order valence-corrected chi connectivity index (χ1v) is 10.5. The average molecular weight is 442 g/mol. The molecule has 3 N–H and O–H groups in total. The number of carbonyl (C=O) groups is 3. The Morgan fingerprint density at radius 1 is 0.969 bits per heavy atom. The van der Waals surface area contributed by atoms with Crippen molar-refractivity contribution in [2.24, 2.45) is 0 Å². The molecule has 170 valence electrons. The van der Waals surface area contributed by atoms with E-state index in [4.69, 9.17) is 4.74 Å². The number of rotatable bonds is 5. The third-order valence-electron chi connectivity index (χ3n) is 5.78. The first kappa shape index (κ1) is 23.2. The van der Waals surface area contributed by atoms with E-state index >= 15 is 0 Å². The maximum Gasteiger partial charge on any atom is 0.331 e. The fourth-order valence-corrected chi connectivity index (χ4v) is 4.30. The second-order valence-electron chi connectivity index (χ2n) is 8.28. The molecular formula is C24H28FN3O4. The molecule has 2 aromatic carbocycles. The van der Waals surface area contributed by atoms with Crippen LogP contribution in [0.1, 0.15) is 52.7 Å². The lowest BCUT2D eigenvalue weighted by atomic mass is 9.96. The molecule has 0 unspecified atom stereocenters. The Morgan fingerprint density at radius 2 is 1.59 bits per heavy atom. The molecule has 1 saturated carbocycles. The number of benzene rings is 2. The van der Waals surface area contributed by atoms with E-state index in [2.05, 4.69) is 16.0 Å². The number of carbonyl (C=O) groups excluding carboxylic acids is 3. The minimum absolute atomic E-state index is 0.000399. The zero-order valence-corrected chi connectivity index (χ0v) is 18.7. The number of ether oxygens (including phenoxy) is 1. The molecule has 0 radical (unpaired) electrons. The lowest BCUT2D eigenvalue weighted by Gasteiger charge is -2.27. The first-order valence-electron chi connectivity index (χ1n) is 10.5. The van der Waals surface area contributed by atoms with Gasteiger partial charge in [-0.25, -0.2) is 14.0 Å². The number of urea groups is 1. The number of anilines is 2. The number of amides is 3. The number of hydrogen-bond donors (Lipinski definition) is 3. The minimum atomic E-state index is -1.12. The highest BCUT2D eigenvalue weighted by atomic mass is 19.1. The fourth-order valence-electron chi connectivity index (χ4n) is 4.30. The Kier molecular flexibility index (Phi) is 6.81. The molecule has 0 saturated heterocycles. The molecule has 0 atom stereocenters. The third kappa shape index (κ3) is 4.90. The Morgan fingerprint density at radius 3 is 2.19 bits per heavy atom. The number of nitrogens with one attached hydrogen (secondary N) is 3. The molecule has 0 aliphatic heterocycles. The van der Waals surface area contributed by atoms with Gasteiger partial charge in [-0.2, -0.15) is 0 Å². The smallest absolute Gasteiger partial charge is 0.331 e. The fraction of sp³-hybridized carbons (Fsp3) is 0.375. The van der Waals surface area contributed by atoms with Crippen LogP contribution in [0.25, 0.3) is 0 Å². The van der Waals surface area contributed by atoms with E-state index in [-0.39, 0.29) is 11.3 Å². The molecule has 0 aromatic heterocycles. The lowest BCUT2D eigenvalue weighted by Crippen LogP contribution is -2.53. The predicted molar refractivity (Wildman–Crippen MR) is 120 cm³/mol. The molecule has 32 heavy (non-hydrogen) atoms. The van der Waals surface area contributed by atoms with Crippen LogP contribution in [0, 0.1) is 26.6 Å². The van der Waals surface area contributed by atoms with Crippen molar-refractivity contribution in [1.29, 1.82) is 0 Å². The molecular weight excluding hydrogens is 413 g/mol. The Balaban J connectivity index is 1.83. The summed E-state index contributed by atoms with van der Waals surface area (Å²) in [4.78, 5) is 38.0. The standard InChI is InChI=1S/C24H28FN3O4/c1-14-11-15(2)20(16(3)12-14)27-23(31)26-19-13-17(25)7-8-18(19)21(29)28-24(22(30)32-4)9-5-6-10-24/h7-8,11-13H,5-6,9-10H2,1-4H3,(H,28,29)(H2,26,27,31). The van der Waals surface area contributed by atoms with Gasteiger partial charge in [0.2, 0.25) is 0 Å². The average Bonchev–Trinajstić information content (AvgIpc) is 3.19. The van der Waals surface area contributed by atoms with Crippen molar-refractivity contribution in [3.8, 4) is 0 Å². The van der Waals surface area contributed by atoms with Gasteiger partial charge >= 0.3 is 12.0 Å². The van der Waals surface area contributed by atoms with E-state index in [1.165, 1.54) is 13.2 Å². The van der Waals surface area contributed by atoms with Crippen molar-refractivity contribution >= 4 is 29.3 Å². The van der Waals surface area contributed by atoms with Crippen LogP contribution < -0.4 is 16.0 Å². The van der Waals surface area contributed by atoms with E-state index in [0.717, 1.165) is 41.7 Å². The van der Waals surface area contributed by atoms with Gasteiger partial charge in [-0.05, 0) is 62.9 Å². The highest BCUT2D eigenvalue weighted by Gasteiger charge is 2.44. The zero-order chi connectivity index (χ0) is 23.5. The zero-order valence-electron chi connectivity index (χ0n) is 18.7. The molecule has 0 bridgehead atoms. The van der Waals surface area contributed by atoms with Gasteiger partial charge in [0.1, 0.15) is 11.4 Å². The second kappa shape index (κ2) is 9.38. The predicted octanol–water partition coefficient (Wildman–Crippen LogP) is 4.61. The summed E-state index contributed by atoms with van der Waals surface area (Å²) in [6, 6.07) is 6.76. The highest BCUT2D eigenvalue weighted by Crippen LogP contribution is 2.32. The Bertz CT molecular complexity index is 1040. The van der Waals surface area contributed by atoms with Crippen LogP contribution in [-0.4, -0.2) is 30.6 Å². The molecule has 7 nitrogen and oxygen atoms in total. The van der Waals surface area contributed by atoms with Crippen LogP contribution >= 0.6 is 0 Å². The summed E-state index contributed by atoms with van der Waals surface area (Å²) in [5.41, 5.74) is 2.42. The van der Waals surface area contributed by atoms with Crippen molar-refractivity contribution in [3.63, 3.8) is 0 Å². The Hall–Kier alpha value is -3.42. The number of halogens is 1. The summed E-state index contributed by atoms with van der Waals surface area (Å²) in [7, 11) is 1.28. The van der Waals surface area contributed by atoms with E-state index < -0.39 is 29.3 Å². The van der Waals surface area contributed by atoms with Crippen LogP contribution in [0.2, 0.25) is 0 Å². The summed E-state index contributed by atoms with van der Waals surface area (Å²) >= 11 is 0. The van der Waals surface area contributed by atoms with Gasteiger partial charge in [0.05, 0.1) is 18.4 Å². The van der Waals surface area contributed by atoms with Gasteiger partial charge in [-0.15, -0.1) is 0 Å². The normalized spacial score (nSPS) is 14.5. The summed E-state index contributed by atoms with van der Waals surface area (Å²) in [5, 5.41) is 8.09. The lowest BCUT2D eigenvalue weighted by molar-refractivity contribution is -0.148. The van der Waals surface area contributed by atoms with E-state index in [9.17, 15) is 18.8 Å². The van der Waals surface area contributed by atoms with Crippen molar-refractivity contribution in [3.05, 3.63) is 58.4 Å². The van der Waals surface area contributed by atoms with Crippen LogP contribution in [0.4, 0.5) is 20.6 Å². The van der Waals surface area contributed by atoms with Gasteiger partial charge in [0.25, 0.3) is 5.91 Å². The molecule has 2 aromatic rings. The number of hydrogen-bond acceptors (Lipinski definition) is 4. The minimum Gasteiger partial charge on any atom is -0.467 e. The quantitative estimate of drug-likeness (QED) is 0.591. The van der Waals surface area contributed by atoms with Crippen LogP contribution in [0.5, 0.6) is 0 Å². The van der Waals surface area contributed by atoms with Gasteiger partial charge in [0, 0.05) is 5.69 Å². The monoisotopic (exact) mass is 441 g/mol. The Labute approximate surface area is 186 Å². The van der Waals surface area contributed by atoms with Gasteiger partial charge in [-0.3, -0.25) is 4.79 Å². The SMILES string of the molecule is COC(=O)C1(NC(=O)c2ccc(F)cc2NC(=O)Nc2c(C)cc(C)cc2C)CCCC1. The molecule has 1 aliphatic rings. The molecule has 1 aliphatic carbocycles. The molecule has 0 spiro atoms. The van der Waals surface area contributed by atoms with Crippen LogP contribution in [0.3, 0.4) is 0 Å². The van der Waals surface area contributed by atoms with E-state index in [1.807, 2.05) is 32.9 Å². The first-order chi connectivity index (χ1) is 15.1. The maximum absolute atomic E-state index is 13.9. The molecule has 3 amide bonds. The molecule has 8 heteroatoms. The summed E-state index contributed by atoms with van der Waals surface area (Å²) in [6.07, 6.45) is 2.48. The van der Waals surface area contributed by atoms with E-state index in [1.54, 1.807) is 0 Å². The maximum atomic E-state index is 13.9. The summed E-state index contributed by atoms with van der Waals surface area (Å²) < 4.78 is 18.8. The molecule has 0 heterocycles. The van der Waals surface area contributed by atoms with E-state index in [0.29, 0.717) is 18.5 Å². The van der Waals surface area contributed by atoms with Crippen molar-refractivity contribution in [2.75, 3.05) is 17.7 Å². The van der Waals surface area contributed by atoms with Gasteiger partial charge in [-0.1, -0.05) is 30.5 Å². The van der Waals surface area contributed by atoms with Crippen molar-refractivity contribution in [2.45, 2.75) is 52.0 Å². The summed E-state index contributed by atoms with van der Waals surface area (Å²) in [6.45, 7) is 5.72. The van der Waals surface area contributed by atoms with Gasteiger partial charge < -0.3 is 20.7 Å². The van der Waals surface area contributed by atoms with Crippen LogP contribution in [-0.2, 0) is 9.53 Å². The topological polar surface area (TPSA) is 96.5 Å². The number of methoxy groups -OCH3 is 1. The molecule has 3 rings (SSSR count). The van der Waals surface area contributed by atoms with Crippen molar-refractivity contribution < 1.29 is 23.5 Å².